The van der Waals surface area contributed by atoms with E-state index in [-0.39, 0.29) is 5.89 Å². The summed E-state index contributed by atoms with van der Waals surface area (Å²) in [5.41, 5.74) is 1.77. The highest BCUT2D eigenvalue weighted by Crippen LogP contribution is 2.28. The van der Waals surface area contributed by atoms with Crippen LogP contribution in [0.1, 0.15) is 16.2 Å². The molecule has 0 saturated heterocycles. The summed E-state index contributed by atoms with van der Waals surface area (Å²) in [5, 5.41) is 3.70. The van der Waals surface area contributed by atoms with Crippen LogP contribution in [0, 0.1) is 6.92 Å². The molecule has 0 atom stereocenters. The zero-order chi connectivity index (χ0) is 11.5. The van der Waals surface area contributed by atoms with Crippen molar-refractivity contribution < 1.29 is 14.1 Å². The predicted molar refractivity (Wildman–Crippen MR) is 56.4 cm³/mol. The summed E-state index contributed by atoms with van der Waals surface area (Å²) in [4.78, 5) is 14.3. The number of hydrogen-bond acceptors (Lipinski definition) is 5. The first-order chi connectivity index (χ1) is 7.74. The minimum absolute atomic E-state index is 0.0439. The van der Waals surface area contributed by atoms with Crippen molar-refractivity contribution in [2.45, 2.75) is 6.92 Å². The maximum atomic E-state index is 10.4. The van der Waals surface area contributed by atoms with Crippen LogP contribution in [0.25, 0.3) is 11.4 Å². The van der Waals surface area contributed by atoms with Crippen LogP contribution in [0.4, 0.5) is 0 Å². The quantitative estimate of drug-likeness (QED) is 0.736. The van der Waals surface area contributed by atoms with Gasteiger partial charge in [0.2, 0.25) is 12.1 Å². The molecule has 2 aromatic rings. The van der Waals surface area contributed by atoms with Crippen LogP contribution in [-0.2, 0) is 0 Å². The van der Waals surface area contributed by atoms with E-state index in [0.29, 0.717) is 23.4 Å². The Bertz CT molecular complexity index is 520. The Morgan fingerprint density at radius 3 is 2.88 bits per heavy atom. The van der Waals surface area contributed by atoms with Crippen LogP contribution in [0.5, 0.6) is 5.75 Å². The molecule has 0 radical (unpaired) electrons. The van der Waals surface area contributed by atoms with E-state index >= 15 is 0 Å². The van der Waals surface area contributed by atoms with Crippen molar-refractivity contribution in [1.82, 2.24) is 10.1 Å². The highest BCUT2D eigenvalue weighted by atomic mass is 16.5. The summed E-state index contributed by atoms with van der Waals surface area (Å²) in [7, 11) is 1.57. The molecule has 0 fully saturated rings. The number of carbonyl (C=O) groups is 1. The number of ether oxygens (including phenoxy) is 1. The molecule has 82 valence electrons. The Morgan fingerprint density at radius 1 is 1.44 bits per heavy atom. The zero-order valence-corrected chi connectivity index (χ0v) is 8.93. The average Bonchev–Trinajstić information content (AvgIpc) is 2.77. The number of benzene rings is 1. The summed E-state index contributed by atoms with van der Waals surface area (Å²) in [6, 6.07) is 5.61. The van der Waals surface area contributed by atoms with Crippen molar-refractivity contribution in [3.05, 3.63) is 29.7 Å². The van der Waals surface area contributed by atoms with Gasteiger partial charge in [-0.15, -0.1) is 0 Å². The van der Waals surface area contributed by atoms with Crippen LogP contribution >= 0.6 is 0 Å². The van der Waals surface area contributed by atoms with Gasteiger partial charge in [-0.25, -0.2) is 0 Å². The van der Waals surface area contributed by atoms with E-state index in [0.717, 1.165) is 5.56 Å². The number of nitrogens with zero attached hydrogens (tertiary/aromatic N) is 2. The standard InChI is InChI=1S/C11H10N2O3/c1-7-3-4-8(9(5-7)15-2)11-12-10(6-14)16-13-11/h3-6H,1-2H3. The second-order valence-electron chi connectivity index (χ2n) is 3.28. The zero-order valence-electron chi connectivity index (χ0n) is 8.93. The molecule has 5 heteroatoms. The summed E-state index contributed by atoms with van der Waals surface area (Å²) >= 11 is 0. The lowest BCUT2D eigenvalue weighted by Gasteiger charge is -2.05. The Morgan fingerprint density at radius 2 is 2.25 bits per heavy atom. The van der Waals surface area contributed by atoms with Gasteiger partial charge in [0.05, 0.1) is 12.7 Å². The van der Waals surface area contributed by atoms with Gasteiger partial charge in [0.25, 0.3) is 5.89 Å². The minimum Gasteiger partial charge on any atom is -0.496 e. The van der Waals surface area contributed by atoms with Crippen LogP contribution in [0.2, 0.25) is 0 Å². The van der Waals surface area contributed by atoms with Crippen LogP contribution in [-0.4, -0.2) is 23.5 Å². The Labute approximate surface area is 92.0 Å². The van der Waals surface area contributed by atoms with Crippen molar-refractivity contribution in [2.75, 3.05) is 7.11 Å². The lowest BCUT2D eigenvalue weighted by atomic mass is 10.1. The van der Waals surface area contributed by atoms with Gasteiger partial charge in [-0.2, -0.15) is 4.98 Å². The molecule has 0 bridgehead atoms. The maximum Gasteiger partial charge on any atom is 0.291 e. The van der Waals surface area contributed by atoms with E-state index in [1.165, 1.54) is 0 Å². The number of rotatable bonds is 3. The smallest absolute Gasteiger partial charge is 0.291 e. The molecule has 1 aromatic carbocycles. The van der Waals surface area contributed by atoms with E-state index < -0.39 is 0 Å². The Kier molecular flexibility index (Phi) is 2.68. The van der Waals surface area contributed by atoms with Crippen molar-refractivity contribution in [2.24, 2.45) is 0 Å². The molecule has 16 heavy (non-hydrogen) atoms. The Balaban J connectivity index is 2.50. The third-order valence-corrected chi connectivity index (χ3v) is 2.14. The first-order valence-corrected chi connectivity index (χ1v) is 4.68. The maximum absolute atomic E-state index is 10.4. The normalized spacial score (nSPS) is 10.1. The second kappa shape index (κ2) is 4.14. The molecule has 1 heterocycles. The van der Waals surface area contributed by atoms with E-state index in [1.807, 2.05) is 25.1 Å². The largest absolute Gasteiger partial charge is 0.496 e. The fraction of sp³-hybridized carbons (Fsp3) is 0.182. The number of aromatic nitrogens is 2. The fourth-order valence-electron chi connectivity index (χ4n) is 1.38. The molecule has 0 N–H and O–H groups in total. The van der Waals surface area contributed by atoms with E-state index in [9.17, 15) is 4.79 Å². The van der Waals surface area contributed by atoms with Gasteiger partial charge in [0, 0.05) is 0 Å². The number of aldehydes is 1. The monoisotopic (exact) mass is 218 g/mol. The number of carbonyl (C=O) groups excluding carboxylic acids is 1. The van der Waals surface area contributed by atoms with E-state index in [2.05, 4.69) is 10.1 Å². The molecule has 0 aliphatic rings. The topological polar surface area (TPSA) is 65.2 Å². The highest BCUT2D eigenvalue weighted by molar-refractivity contribution is 5.70. The molecule has 0 unspecified atom stereocenters. The molecule has 5 nitrogen and oxygen atoms in total. The molecule has 0 spiro atoms. The molecule has 1 aromatic heterocycles. The van der Waals surface area contributed by atoms with Crippen molar-refractivity contribution in [3.8, 4) is 17.1 Å². The summed E-state index contributed by atoms with van der Waals surface area (Å²) in [6.07, 6.45) is 0.511. The van der Waals surface area contributed by atoms with Crippen LogP contribution < -0.4 is 4.74 Å². The number of methoxy groups -OCH3 is 1. The third-order valence-electron chi connectivity index (χ3n) is 2.14. The third kappa shape index (κ3) is 1.79. The fourth-order valence-corrected chi connectivity index (χ4v) is 1.38. The molecule has 0 aliphatic heterocycles. The van der Waals surface area contributed by atoms with Gasteiger partial charge < -0.3 is 9.26 Å². The highest BCUT2D eigenvalue weighted by Gasteiger charge is 2.12. The Hall–Kier alpha value is -2.17. The number of hydrogen-bond donors (Lipinski definition) is 0. The summed E-state index contributed by atoms with van der Waals surface area (Å²) < 4.78 is 9.93. The van der Waals surface area contributed by atoms with Gasteiger partial charge in [-0.1, -0.05) is 11.2 Å². The SMILES string of the molecule is COc1cc(C)ccc1-c1noc(C=O)n1. The molecule has 0 saturated carbocycles. The molecular formula is C11H10N2O3. The van der Waals surface area contributed by atoms with Crippen molar-refractivity contribution >= 4 is 6.29 Å². The first kappa shape index (κ1) is 10.4. The summed E-state index contributed by atoms with van der Waals surface area (Å²) in [5.74, 6) is 0.954. The second-order valence-corrected chi connectivity index (χ2v) is 3.28. The number of aryl methyl sites for hydroxylation is 1. The van der Waals surface area contributed by atoms with Gasteiger partial charge in [0.15, 0.2) is 0 Å². The molecule has 0 amide bonds. The van der Waals surface area contributed by atoms with Gasteiger partial charge in [-0.3, -0.25) is 4.79 Å². The summed E-state index contributed by atoms with van der Waals surface area (Å²) in [6.45, 7) is 1.96. The average molecular weight is 218 g/mol. The predicted octanol–water partition coefficient (Wildman–Crippen LogP) is 1.87. The lowest BCUT2D eigenvalue weighted by Crippen LogP contribution is -1.90. The van der Waals surface area contributed by atoms with Gasteiger partial charge in [-0.05, 0) is 24.6 Å². The van der Waals surface area contributed by atoms with Crippen LogP contribution in [0.15, 0.2) is 22.7 Å². The first-order valence-electron chi connectivity index (χ1n) is 4.68. The van der Waals surface area contributed by atoms with Gasteiger partial charge in [0.1, 0.15) is 5.75 Å². The lowest BCUT2D eigenvalue weighted by molar-refractivity contribution is 0.108. The molecular weight excluding hydrogens is 208 g/mol. The van der Waals surface area contributed by atoms with E-state index in [4.69, 9.17) is 9.26 Å². The van der Waals surface area contributed by atoms with Crippen molar-refractivity contribution in [1.29, 1.82) is 0 Å². The van der Waals surface area contributed by atoms with Crippen molar-refractivity contribution in [3.63, 3.8) is 0 Å². The van der Waals surface area contributed by atoms with E-state index in [1.54, 1.807) is 7.11 Å². The minimum atomic E-state index is -0.0439. The molecule has 2 rings (SSSR count). The molecule has 0 aliphatic carbocycles. The van der Waals surface area contributed by atoms with Crippen LogP contribution in [0.3, 0.4) is 0 Å². The van der Waals surface area contributed by atoms with Gasteiger partial charge >= 0.3 is 0 Å².